The van der Waals surface area contributed by atoms with Gasteiger partial charge in [0.15, 0.2) is 6.04 Å². The average molecular weight is 267 g/mol. The molecule has 0 aliphatic heterocycles. The van der Waals surface area contributed by atoms with Gasteiger partial charge in [-0.3, -0.25) is 4.99 Å². The first-order valence-corrected chi connectivity index (χ1v) is 6.52. The highest BCUT2D eigenvalue weighted by atomic mass is 32.1. The normalized spacial score (nSPS) is 12.9. The molecule has 0 saturated heterocycles. The number of hydrogen-bond donors (Lipinski definition) is 1. The Labute approximate surface area is 106 Å². The molecule has 17 heavy (non-hydrogen) atoms. The topological polar surface area (TPSA) is 75.4 Å². The van der Waals surface area contributed by atoms with Crippen LogP contribution in [0.5, 0.6) is 0 Å². The average Bonchev–Trinajstić information content (AvgIpc) is 2.97. The summed E-state index contributed by atoms with van der Waals surface area (Å²) in [5.41, 5.74) is 0.749. The number of carbonyl (C=O) groups is 1. The van der Waals surface area contributed by atoms with Crippen molar-refractivity contribution in [2.75, 3.05) is 0 Å². The smallest absolute Gasteiger partial charge is 0.328 e. The van der Waals surface area contributed by atoms with Gasteiger partial charge < -0.3 is 5.11 Å². The Morgan fingerprint density at radius 3 is 3.06 bits per heavy atom. The summed E-state index contributed by atoms with van der Waals surface area (Å²) in [7, 11) is 0. The quantitative estimate of drug-likeness (QED) is 0.837. The third-order valence-corrected chi connectivity index (χ3v) is 3.30. The van der Waals surface area contributed by atoms with Crippen LogP contribution >= 0.6 is 22.9 Å². The minimum absolute atomic E-state index is 0.306. The standard InChI is InChI=1S/C10H9N3O2S2/c14-10(15)8(5-7-1-3-17-13-7)12-6-9-11-2-4-16-9/h1-4,6,8H,5H2,(H,14,15). The van der Waals surface area contributed by atoms with Crippen LogP contribution in [0.1, 0.15) is 10.7 Å². The molecule has 0 aliphatic carbocycles. The molecule has 88 valence electrons. The van der Waals surface area contributed by atoms with Crippen LogP contribution < -0.4 is 0 Å². The zero-order chi connectivity index (χ0) is 12.1. The van der Waals surface area contributed by atoms with Gasteiger partial charge in [0, 0.05) is 23.4 Å². The van der Waals surface area contributed by atoms with Crippen molar-refractivity contribution in [3.63, 3.8) is 0 Å². The highest BCUT2D eigenvalue weighted by Gasteiger charge is 2.17. The molecule has 2 heterocycles. The molecule has 2 aromatic rings. The van der Waals surface area contributed by atoms with E-state index in [2.05, 4.69) is 14.3 Å². The molecule has 0 saturated carbocycles. The van der Waals surface area contributed by atoms with E-state index >= 15 is 0 Å². The molecular formula is C10H9N3O2S2. The Morgan fingerprint density at radius 2 is 2.47 bits per heavy atom. The van der Waals surface area contributed by atoms with Crippen molar-refractivity contribution in [2.24, 2.45) is 4.99 Å². The molecule has 0 radical (unpaired) electrons. The van der Waals surface area contributed by atoms with E-state index in [0.717, 1.165) is 5.69 Å². The lowest BCUT2D eigenvalue weighted by Gasteiger charge is -2.03. The number of nitrogens with zero attached hydrogens (tertiary/aromatic N) is 3. The van der Waals surface area contributed by atoms with Crippen LogP contribution in [0.15, 0.2) is 28.0 Å². The first-order chi connectivity index (χ1) is 8.25. The fourth-order valence-electron chi connectivity index (χ4n) is 1.20. The zero-order valence-electron chi connectivity index (χ0n) is 8.68. The van der Waals surface area contributed by atoms with Crippen molar-refractivity contribution >= 4 is 35.1 Å². The molecule has 0 spiro atoms. The van der Waals surface area contributed by atoms with Gasteiger partial charge in [-0.1, -0.05) is 0 Å². The van der Waals surface area contributed by atoms with Crippen LogP contribution in [0.25, 0.3) is 0 Å². The predicted octanol–water partition coefficient (Wildman–Crippen LogP) is 1.71. The summed E-state index contributed by atoms with van der Waals surface area (Å²) < 4.78 is 4.07. The van der Waals surface area contributed by atoms with Crippen LogP contribution in [0.2, 0.25) is 0 Å². The lowest BCUT2D eigenvalue weighted by molar-refractivity contribution is -0.138. The van der Waals surface area contributed by atoms with Crippen LogP contribution in [0.4, 0.5) is 0 Å². The number of hydrogen-bond acceptors (Lipinski definition) is 6. The number of carboxylic acid groups (broad SMARTS) is 1. The summed E-state index contributed by atoms with van der Waals surface area (Å²) in [6.45, 7) is 0. The summed E-state index contributed by atoms with van der Waals surface area (Å²) in [5.74, 6) is -0.953. The summed E-state index contributed by atoms with van der Waals surface area (Å²) in [4.78, 5) is 19.1. The highest BCUT2D eigenvalue weighted by molar-refractivity contribution is 7.11. The second-order valence-electron chi connectivity index (χ2n) is 3.20. The van der Waals surface area contributed by atoms with Crippen LogP contribution in [0, 0.1) is 0 Å². The molecule has 0 amide bonds. The van der Waals surface area contributed by atoms with Gasteiger partial charge in [0.05, 0.1) is 11.9 Å². The molecule has 0 aliphatic rings. The zero-order valence-corrected chi connectivity index (χ0v) is 10.3. The number of carboxylic acids is 1. The monoisotopic (exact) mass is 267 g/mol. The van der Waals surface area contributed by atoms with E-state index in [-0.39, 0.29) is 0 Å². The maximum Gasteiger partial charge on any atom is 0.328 e. The molecule has 0 aromatic carbocycles. The minimum atomic E-state index is -0.953. The van der Waals surface area contributed by atoms with Crippen LogP contribution in [-0.4, -0.2) is 32.7 Å². The second kappa shape index (κ2) is 5.65. The first kappa shape index (κ1) is 11.9. The SMILES string of the molecule is O=C(O)C(Cc1ccsn1)N=Cc1nccs1. The largest absolute Gasteiger partial charge is 0.480 e. The van der Waals surface area contributed by atoms with Gasteiger partial charge in [0.2, 0.25) is 0 Å². The fraction of sp³-hybridized carbons (Fsp3) is 0.200. The molecule has 2 rings (SSSR count). The Morgan fingerprint density at radius 1 is 1.59 bits per heavy atom. The van der Waals surface area contributed by atoms with E-state index in [4.69, 9.17) is 5.11 Å². The van der Waals surface area contributed by atoms with Crippen molar-refractivity contribution in [2.45, 2.75) is 12.5 Å². The number of rotatable bonds is 5. The van der Waals surface area contributed by atoms with E-state index in [1.54, 1.807) is 12.3 Å². The molecular weight excluding hydrogens is 258 g/mol. The van der Waals surface area contributed by atoms with Gasteiger partial charge in [-0.15, -0.1) is 11.3 Å². The molecule has 1 unspecified atom stereocenters. The van der Waals surface area contributed by atoms with Gasteiger partial charge >= 0.3 is 5.97 Å². The van der Waals surface area contributed by atoms with Crippen molar-refractivity contribution in [3.05, 3.63) is 33.7 Å². The molecule has 2 aromatic heterocycles. The Hall–Kier alpha value is -1.60. The van der Waals surface area contributed by atoms with Crippen LogP contribution in [0.3, 0.4) is 0 Å². The van der Waals surface area contributed by atoms with Gasteiger partial charge in [-0.05, 0) is 17.6 Å². The van der Waals surface area contributed by atoms with Gasteiger partial charge in [0.25, 0.3) is 0 Å². The number of aromatic nitrogens is 2. The highest BCUT2D eigenvalue weighted by Crippen LogP contribution is 2.07. The van der Waals surface area contributed by atoms with Gasteiger partial charge in [-0.2, -0.15) is 4.37 Å². The van der Waals surface area contributed by atoms with Crippen molar-refractivity contribution < 1.29 is 9.90 Å². The van der Waals surface area contributed by atoms with Gasteiger partial charge in [0.1, 0.15) is 5.01 Å². The third-order valence-electron chi connectivity index (χ3n) is 2.00. The lowest BCUT2D eigenvalue weighted by atomic mass is 10.2. The number of aliphatic carboxylic acids is 1. The van der Waals surface area contributed by atoms with Crippen molar-refractivity contribution in [1.29, 1.82) is 0 Å². The first-order valence-electron chi connectivity index (χ1n) is 4.80. The van der Waals surface area contributed by atoms with E-state index < -0.39 is 12.0 Å². The van der Waals surface area contributed by atoms with Gasteiger partial charge in [-0.25, -0.2) is 9.78 Å². The second-order valence-corrected chi connectivity index (χ2v) is 4.79. The lowest BCUT2D eigenvalue weighted by Crippen LogP contribution is -2.21. The number of aliphatic imine (C=N–C) groups is 1. The Balaban J connectivity index is 2.05. The third kappa shape index (κ3) is 3.43. The molecule has 0 bridgehead atoms. The molecule has 1 atom stereocenters. The van der Waals surface area contributed by atoms with E-state index in [1.807, 2.05) is 10.8 Å². The number of thiazole rings is 1. The van der Waals surface area contributed by atoms with Crippen molar-refractivity contribution in [3.8, 4) is 0 Å². The maximum atomic E-state index is 11.0. The van der Waals surface area contributed by atoms with E-state index in [0.29, 0.717) is 11.4 Å². The fourth-order valence-corrected chi connectivity index (χ4v) is 2.25. The molecule has 1 N–H and O–H groups in total. The van der Waals surface area contributed by atoms with Crippen molar-refractivity contribution in [1.82, 2.24) is 9.36 Å². The Bertz CT molecular complexity index is 494. The summed E-state index contributed by atoms with van der Waals surface area (Å²) in [6, 6.07) is 1.00. The Kier molecular flexibility index (Phi) is 3.94. The predicted molar refractivity (Wildman–Crippen MR) is 66.9 cm³/mol. The summed E-state index contributed by atoms with van der Waals surface area (Å²) >= 11 is 2.72. The minimum Gasteiger partial charge on any atom is -0.480 e. The van der Waals surface area contributed by atoms with E-state index in [9.17, 15) is 4.79 Å². The molecule has 7 heteroatoms. The van der Waals surface area contributed by atoms with E-state index in [1.165, 1.54) is 29.1 Å². The summed E-state index contributed by atoms with van der Waals surface area (Å²) in [5, 5.41) is 13.4. The van der Waals surface area contributed by atoms with Crippen LogP contribution in [-0.2, 0) is 11.2 Å². The molecule has 5 nitrogen and oxygen atoms in total. The maximum absolute atomic E-state index is 11.0. The summed E-state index contributed by atoms with van der Waals surface area (Å²) in [6.07, 6.45) is 3.46. The molecule has 0 fully saturated rings.